The fourth-order valence-electron chi connectivity index (χ4n) is 3.41. The maximum absolute atomic E-state index is 8.87. The van der Waals surface area contributed by atoms with Crippen molar-refractivity contribution in [3.05, 3.63) is 69.2 Å². The highest BCUT2D eigenvalue weighted by atomic mass is 35.5. The lowest BCUT2D eigenvalue weighted by Crippen LogP contribution is -2.40. The van der Waals surface area contributed by atoms with E-state index in [0.29, 0.717) is 17.3 Å². The molecule has 1 aliphatic heterocycles. The van der Waals surface area contributed by atoms with Crippen LogP contribution in [0.25, 0.3) is 0 Å². The van der Waals surface area contributed by atoms with Crippen LogP contribution < -0.4 is 4.90 Å². The van der Waals surface area contributed by atoms with Gasteiger partial charge in [-0.1, -0.05) is 23.7 Å². The van der Waals surface area contributed by atoms with Crippen LogP contribution in [0.4, 0.5) is 5.00 Å². The van der Waals surface area contributed by atoms with Crippen molar-refractivity contribution in [3.8, 4) is 0 Å². The number of thiophene rings is 1. The number of fused-ring (bicyclic) bond motifs is 1. The van der Waals surface area contributed by atoms with Crippen molar-refractivity contribution in [2.75, 3.05) is 4.90 Å². The third kappa shape index (κ3) is 3.52. The predicted octanol–water partition coefficient (Wildman–Crippen LogP) is 5.25. The average molecular weight is 426 g/mol. The van der Waals surface area contributed by atoms with Crippen molar-refractivity contribution in [2.24, 2.45) is 4.99 Å². The monoisotopic (exact) mass is 425 g/mol. The van der Waals surface area contributed by atoms with Crippen molar-refractivity contribution in [1.29, 1.82) is 10.8 Å². The summed E-state index contributed by atoms with van der Waals surface area (Å²) < 4.78 is 5.42. The highest BCUT2D eigenvalue weighted by Crippen LogP contribution is 2.40. The molecule has 0 amide bonds. The van der Waals surface area contributed by atoms with Gasteiger partial charge in [-0.2, -0.15) is 0 Å². The van der Waals surface area contributed by atoms with Gasteiger partial charge in [-0.3, -0.25) is 20.7 Å². The van der Waals surface area contributed by atoms with Crippen LogP contribution in [-0.2, 0) is 6.42 Å². The van der Waals surface area contributed by atoms with E-state index in [1.807, 2.05) is 24.3 Å². The molecule has 1 aliphatic rings. The van der Waals surface area contributed by atoms with E-state index in [4.69, 9.17) is 31.8 Å². The standard InChI is InChI=1S/C21H20ClN5OS/c1-11-12(2)29-21-18(11)19(14-4-6-15(22)7-5-14)26-16(10-17-25-8-9-28-17)20(24)27(21)13(3)23/h4-9,16,23-24H,10H2,1-3H3/t16-/m0/s1. The van der Waals surface area contributed by atoms with Gasteiger partial charge in [-0.15, -0.1) is 11.3 Å². The van der Waals surface area contributed by atoms with E-state index in [1.54, 1.807) is 29.4 Å². The number of hydrogen-bond donors (Lipinski definition) is 2. The lowest BCUT2D eigenvalue weighted by Gasteiger charge is -2.24. The minimum absolute atomic E-state index is 0.238. The zero-order chi connectivity index (χ0) is 20.7. The molecule has 0 saturated carbocycles. The van der Waals surface area contributed by atoms with Crippen molar-refractivity contribution >= 4 is 45.3 Å². The van der Waals surface area contributed by atoms with E-state index in [2.05, 4.69) is 18.8 Å². The molecule has 0 aliphatic carbocycles. The van der Waals surface area contributed by atoms with Crippen molar-refractivity contribution in [3.63, 3.8) is 0 Å². The number of amidine groups is 2. The minimum Gasteiger partial charge on any atom is -0.449 e. The molecule has 1 aromatic carbocycles. The summed E-state index contributed by atoms with van der Waals surface area (Å²) in [6.45, 7) is 5.81. The van der Waals surface area contributed by atoms with E-state index in [-0.39, 0.29) is 11.7 Å². The summed E-state index contributed by atoms with van der Waals surface area (Å²) in [4.78, 5) is 12.0. The van der Waals surface area contributed by atoms with Crippen molar-refractivity contribution in [1.82, 2.24) is 4.98 Å². The van der Waals surface area contributed by atoms with Crippen LogP contribution in [0.3, 0.4) is 0 Å². The van der Waals surface area contributed by atoms with Crippen molar-refractivity contribution in [2.45, 2.75) is 33.2 Å². The Morgan fingerprint density at radius 3 is 2.62 bits per heavy atom. The molecule has 0 spiro atoms. The molecule has 3 aromatic rings. The molecule has 148 valence electrons. The minimum atomic E-state index is -0.529. The predicted molar refractivity (Wildman–Crippen MR) is 118 cm³/mol. The summed E-state index contributed by atoms with van der Waals surface area (Å²) >= 11 is 7.68. The number of nitrogens with one attached hydrogen (secondary N) is 2. The topological polar surface area (TPSA) is 89.3 Å². The first-order valence-electron chi connectivity index (χ1n) is 9.13. The van der Waals surface area contributed by atoms with Crippen molar-refractivity contribution < 1.29 is 4.42 Å². The van der Waals surface area contributed by atoms with Gasteiger partial charge in [-0.25, -0.2) is 4.98 Å². The number of aryl methyl sites for hydroxylation is 1. The smallest absolute Gasteiger partial charge is 0.196 e. The Morgan fingerprint density at radius 2 is 2.00 bits per heavy atom. The van der Waals surface area contributed by atoms with E-state index < -0.39 is 6.04 Å². The second-order valence-electron chi connectivity index (χ2n) is 6.90. The van der Waals surface area contributed by atoms with Crippen LogP contribution in [0.2, 0.25) is 5.02 Å². The van der Waals surface area contributed by atoms with Crippen LogP contribution >= 0.6 is 22.9 Å². The normalized spacial score (nSPS) is 16.4. The van der Waals surface area contributed by atoms with Crippen LogP contribution in [0.5, 0.6) is 0 Å². The molecule has 4 rings (SSSR count). The highest BCUT2D eigenvalue weighted by molar-refractivity contribution is 7.17. The van der Waals surface area contributed by atoms with Gasteiger partial charge >= 0.3 is 0 Å². The molecular formula is C21H20ClN5OS. The Hall–Kier alpha value is -2.77. The molecule has 2 N–H and O–H groups in total. The summed E-state index contributed by atoms with van der Waals surface area (Å²) in [6.07, 6.45) is 3.45. The summed E-state index contributed by atoms with van der Waals surface area (Å²) in [5.74, 6) is 1.03. The Balaban J connectivity index is 1.95. The lowest BCUT2D eigenvalue weighted by atomic mass is 9.99. The molecular weight excluding hydrogens is 406 g/mol. The first kappa shape index (κ1) is 19.5. The summed E-state index contributed by atoms with van der Waals surface area (Å²) in [5, 5.41) is 18.7. The van der Waals surface area contributed by atoms with Gasteiger partial charge in [0.1, 0.15) is 29.0 Å². The SMILES string of the molecule is CC(=N)N1C(=N)[C@H](Cc2ncco2)N=C(c2ccc(Cl)cc2)c2c1sc(C)c2C. The molecule has 2 aromatic heterocycles. The molecule has 1 atom stereocenters. The van der Waals surface area contributed by atoms with Gasteiger partial charge in [0.15, 0.2) is 5.89 Å². The fourth-order valence-corrected chi connectivity index (χ4v) is 4.76. The number of aliphatic imine (C=N–C) groups is 1. The van der Waals surface area contributed by atoms with E-state index >= 15 is 0 Å². The molecule has 0 fully saturated rings. The Kier molecular flexibility index (Phi) is 5.10. The van der Waals surface area contributed by atoms with E-state index in [1.165, 1.54) is 6.26 Å². The van der Waals surface area contributed by atoms with E-state index in [0.717, 1.165) is 32.3 Å². The Morgan fingerprint density at radius 1 is 1.28 bits per heavy atom. The van der Waals surface area contributed by atoms with Gasteiger partial charge in [0.25, 0.3) is 0 Å². The van der Waals surface area contributed by atoms with Crippen LogP contribution in [-0.4, -0.2) is 28.4 Å². The van der Waals surface area contributed by atoms with Crippen LogP contribution in [0, 0.1) is 24.7 Å². The maximum atomic E-state index is 8.87. The third-order valence-electron chi connectivity index (χ3n) is 4.95. The molecule has 6 nitrogen and oxygen atoms in total. The summed E-state index contributed by atoms with van der Waals surface area (Å²) in [7, 11) is 0. The van der Waals surface area contributed by atoms with Gasteiger partial charge in [0.05, 0.1) is 18.3 Å². The molecule has 0 bridgehead atoms. The molecule has 3 heterocycles. The van der Waals surface area contributed by atoms with Gasteiger partial charge in [0.2, 0.25) is 0 Å². The number of aromatic nitrogens is 1. The number of benzene rings is 1. The lowest BCUT2D eigenvalue weighted by molar-refractivity contribution is 0.488. The number of rotatable bonds is 3. The maximum Gasteiger partial charge on any atom is 0.196 e. The average Bonchev–Trinajstić information content (AvgIpc) is 3.25. The molecule has 0 unspecified atom stereocenters. The molecule has 29 heavy (non-hydrogen) atoms. The van der Waals surface area contributed by atoms with E-state index in [9.17, 15) is 0 Å². The number of oxazole rings is 1. The summed E-state index contributed by atoms with van der Waals surface area (Å²) in [6, 6.07) is 7.03. The highest BCUT2D eigenvalue weighted by Gasteiger charge is 2.34. The second-order valence-corrected chi connectivity index (χ2v) is 8.54. The molecule has 0 saturated heterocycles. The first-order chi connectivity index (χ1) is 13.9. The number of halogens is 1. The quantitative estimate of drug-likeness (QED) is 0.443. The fraction of sp³-hybridized carbons (Fsp3) is 0.238. The second kappa shape index (κ2) is 7.57. The Bertz CT molecular complexity index is 1110. The van der Waals surface area contributed by atoms with Gasteiger partial charge in [0, 0.05) is 21.0 Å². The molecule has 8 heteroatoms. The number of anilines is 1. The van der Waals surface area contributed by atoms with Gasteiger partial charge in [-0.05, 0) is 38.5 Å². The van der Waals surface area contributed by atoms with Crippen LogP contribution in [0.15, 0.2) is 46.1 Å². The molecule has 0 radical (unpaired) electrons. The third-order valence-corrected chi connectivity index (χ3v) is 6.40. The van der Waals surface area contributed by atoms with Gasteiger partial charge < -0.3 is 4.42 Å². The Labute approximate surface area is 177 Å². The zero-order valence-electron chi connectivity index (χ0n) is 16.3. The first-order valence-corrected chi connectivity index (χ1v) is 10.3. The van der Waals surface area contributed by atoms with Crippen LogP contribution in [0.1, 0.15) is 34.4 Å². The summed E-state index contributed by atoms with van der Waals surface area (Å²) in [5.41, 5.74) is 3.78. The number of nitrogens with zero attached hydrogens (tertiary/aromatic N) is 3. The largest absolute Gasteiger partial charge is 0.449 e. The zero-order valence-corrected chi connectivity index (χ0v) is 17.9. The number of hydrogen-bond acceptors (Lipinski definition) is 6.